The fourth-order valence-electron chi connectivity index (χ4n) is 1.40. The van der Waals surface area contributed by atoms with Crippen molar-refractivity contribution >= 4 is 21.9 Å². The lowest BCUT2D eigenvalue weighted by molar-refractivity contribution is 0.0518. The highest BCUT2D eigenvalue weighted by Gasteiger charge is 2.19. The highest BCUT2D eigenvalue weighted by Crippen LogP contribution is 2.21. The molecule has 0 saturated heterocycles. The van der Waals surface area contributed by atoms with Crippen LogP contribution in [0.1, 0.15) is 23.2 Å². The third-order valence-corrected chi connectivity index (χ3v) is 2.68. The summed E-state index contributed by atoms with van der Waals surface area (Å²) in [6.45, 7) is 3.71. The third kappa shape index (κ3) is 2.59. The molecule has 6 heteroatoms. The quantitative estimate of drug-likeness (QED) is 0.815. The van der Waals surface area contributed by atoms with Gasteiger partial charge in [0.1, 0.15) is 11.5 Å². The van der Waals surface area contributed by atoms with E-state index in [0.717, 1.165) is 4.47 Å². The Bertz CT molecular complexity index is 563. The molecule has 0 bridgehead atoms. The fraction of sp³-hybridized carbons (Fsp3) is 0.250. The van der Waals surface area contributed by atoms with Gasteiger partial charge >= 0.3 is 5.97 Å². The molecule has 0 aliphatic heterocycles. The van der Waals surface area contributed by atoms with Gasteiger partial charge < -0.3 is 9.15 Å². The van der Waals surface area contributed by atoms with Gasteiger partial charge in [-0.2, -0.15) is 0 Å². The van der Waals surface area contributed by atoms with Crippen molar-refractivity contribution in [2.75, 3.05) is 6.61 Å². The summed E-state index contributed by atoms with van der Waals surface area (Å²) in [5, 5.41) is 0. The Morgan fingerprint density at radius 2 is 2.28 bits per heavy atom. The first-order chi connectivity index (χ1) is 8.61. The smallest absolute Gasteiger partial charge is 0.360 e. The number of oxazole rings is 1. The second kappa shape index (κ2) is 5.30. The first-order valence-electron chi connectivity index (χ1n) is 5.38. The largest absolute Gasteiger partial charge is 0.461 e. The van der Waals surface area contributed by atoms with E-state index in [-0.39, 0.29) is 5.69 Å². The number of carbonyl (C=O) groups excluding carboxylic acids is 1. The van der Waals surface area contributed by atoms with E-state index in [4.69, 9.17) is 9.15 Å². The summed E-state index contributed by atoms with van der Waals surface area (Å²) >= 11 is 3.29. The van der Waals surface area contributed by atoms with Crippen molar-refractivity contribution in [3.8, 4) is 11.6 Å². The van der Waals surface area contributed by atoms with Crippen LogP contribution in [0.5, 0.6) is 0 Å². The van der Waals surface area contributed by atoms with Crippen LogP contribution in [0.3, 0.4) is 0 Å². The van der Waals surface area contributed by atoms with Gasteiger partial charge in [0.15, 0.2) is 5.69 Å². The number of hydrogen-bond donors (Lipinski definition) is 0. The normalized spacial score (nSPS) is 10.4. The molecular formula is C12H11BrN2O3. The molecule has 0 fully saturated rings. The monoisotopic (exact) mass is 310 g/mol. The number of rotatable bonds is 3. The maximum Gasteiger partial charge on any atom is 0.360 e. The maximum absolute atomic E-state index is 11.6. The number of pyridine rings is 1. The summed E-state index contributed by atoms with van der Waals surface area (Å²) in [6, 6.07) is 3.58. The molecule has 0 aliphatic carbocycles. The number of aryl methyl sites for hydroxylation is 1. The van der Waals surface area contributed by atoms with Crippen molar-refractivity contribution in [1.82, 2.24) is 9.97 Å². The van der Waals surface area contributed by atoms with Crippen LogP contribution in [0, 0.1) is 6.92 Å². The molecule has 0 amide bonds. The van der Waals surface area contributed by atoms with Gasteiger partial charge in [-0.3, -0.25) is 4.98 Å². The maximum atomic E-state index is 11.6. The van der Waals surface area contributed by atoms with Crippen LogP contribution in [0.4, 0.5) is 0 Å². The van der Waals surface area contributed by atoms with Crippen LogP contribution in [0.25, 0.3) is 11.6 Å². The van der Waals surface area contributed by atoms with Crippen molar-refractivity contribution in [3.05, 3.63) is 34.3 Å². The van der Waals surface area contributed by atoms with Crippen molar-refractivity contribution in [1.29, 1.82) is 0 Å². The van der Waals surface area contributed by atoms with Gasteiger partial charge in [-0.25, -0.2) is 9.78 Å². The zero-order valence-corrected chi connectivity index (χ0v) is 11.5. The molecule has 2 rings (SSSR count). The molecule has 18 heavy (non-hydrogen) atoms. The average molecular weight is 311 g/mol. The molecule has 94 valence electrons. The van der Waals surface area contributed by atoms with E-state index in [9.17, 15) is 4.79 Å². The fourth-order valence-corrected chi connectivity index (χ4v) is 1.63. The second-order valence-corrected chi connectivity index (χ2v) is 4.42. The Morgan fingerprint density at radius 3 is 2.89 bits per heavy atom. The number of ether oxygens (including phenoxy) is 1. The molecular weight excluding hydrogens is 300 g/mol. The van der Waals surface area contributed by atoms with Crippen LogP contribution in [-0.2, 0) is 4.74 Å². The third-order valence-electron chi connectivity index (χ3n) is 2.21. The number of hydrogen-bond acceptors (Lipinski definition) is 5. The molecule has 0 radical (unpaired) electrons. The van der Waals surface area contributed by atoms with E-state index in [1.54, 1.807) is 26.1 Å². The molecule has 0 unspecified atom stereocenters. The van der Waals surface area contributed by atoms with Crippen LogP contribution in [0.15, 0.2) is 27.2 Å². The van der Waals surface area contributed by atoms with Crippen molar-refractivity contribution < 1.29 is 13.9 Å². The molecule has 0 atom stereocenters. The van der Waals surface area contributed by atoms with Gasteiger partial charge in [-0.05, 0) is 41.9 Å². The highest BCUT2D eigenvalue weighted by molar-refractivity contribution is 9.10. The first kappa shape index (κ1) is 12.8. The predicted octanol–water partition coefficient (Wildman–Crippen LogP) is 2.98. The van der Waals surface area contributed by atoms with Gasteiger partial charge in [-0.15, -0.1) is 0 Å². The van der Waals surface area contributed by atoms with Gasteiger partial charge in [0, 0.05) is 10.7 Å². The molecule has 0 aliphatic rings. The van der Waals surface area contributed by atoms with Gasteiger partial charge in [0.05, 0.1) is 6.61 Å². The molecule has 2 aromatic rings. The Morgan fingerprint density at radius 1 is 1.50 bits per heavy atom. The molecule has 0 aromatic carbocycles. The van der Waals surface area contributed by atoms with Crippen molar-refractivity contribution in [3.63, 3.8) is 0 Å². The van der Waals surface area contributed by atoms with Crippen molar-refractivity contribution in [2.45, 2.75) is 13.8 Å². The minimum Gasteiger partial charge on any atom is -0.461 e. The molecule has 0 saturated carbocycles. The van der Waals surface area contributed by atoms with E-state index >= 15 is 0 Å². The van der Waals surface area contributed by atoms with Gasteiger partial charge in [0.25, 0.3) is 0 Å². The van der Waals surface area contributed by atoms with E-state index < -0.39 is 5.97 Å². The topological polar surface area (TPSA) is 65.2 Å². The van der Waals surface area contributed by atoms with E-state index in [1.165, 1.54) is 0 Å². The Hall–Kier alpha value is -1.69. The molecule has 2 aromatic heterocycles. The summed E-state index contributed by atoms with van der Waals surface area (Å²) in [5.74, 6) is 0.248. The SMILES string of the molecule is CCOC(=O)c1nc(-c2ccc(Br)cn2)oc1C. The number of carbonyl (C=O) groups is 1. The lowest BCUT2D eigenvalue weighted by Crippen LogP contribution is -2.06. The lowest BCUT2D eigenvalue weighted by atomic mass is 10.3. The number of aromatic nitrogens is 2. The minimum absolute atomic E-state index is 0.191. The Balaban J connectivity index is 2.34. The zero-order chi connectivity index (χ0) is 13.1. The molecule has 0 spiro atoms. The predicted molar refractivity (Wildman–Crippen MR) is 68.1 cm³/mol. The Kier molecular flexibility index (Phi) is 3.76. The zero-order valence-electron chi connectivity index (χ0n) is 9.94. The first-order valence-corrected chi connectivity index (χ1v) is 6.17. The number of esters is 1. The summed E-state index contributed by atoms with van der Waals surface area (Å²) < 4.78 is 11.2. The van der Waals surface area contributed by atoms with Crippen molar-refractivity contribution in [2.24, 2.45) is 0 Å². The van der Waals surface area contributed by atoms with Crippen LogP contribution < -0.4 is 0 Å². The lowest BCUT2D eigenvalue weighted by Gasteiger charge is -1.96. The minimum atomic E-state index is -0.484. The average Bonchev–Trinajstić information content (AvgIpc) is 2.72. The number of halogens is 1. The highest BCUT2D eigenvalue weighted by atomic mass is 79.9. The van der Waals surface area contributed by atoms with Gasteiger partial charge in [-0.1, -0.05) is 0 Å². The Labute approximate surface area is 112 Å². The van der Waals surface area contributed by atoms with E-state index in [2.05, 4.69) is 25.9 Å². The van der Waals surface area contributed by atoms with E-state index in [1.807, 2.05) is 6.07 Å². The van der Waals surface area contributed by atoms with Crippen LogP contribution in [0.2, 0.25) is 0 Å². The van der Waals surface area contributed by atoms with Gasteiger partial charge in [0.2, 0.25) is 5.89 Å². The summed E-state index contributed by atoms with van der Waals surface area (Å²) in [4.78, 5) is 19.9. The standard InChI is InChI=1S/C12H11BrN2O3/c1-3-17-12(16)10-7(2)18-11(15-10)9-5-4-8(13)6-14-9/h4-6H,3H2,1-2H3. The second-order valence-electron chi connectivity index (χ2n) is 3.51. The molecule has 0 N–H and O–H groups in total. The molecule has 5 nitrogen and oxygen atoms in total. The summed E-state index contributed by atoms with van der Waals surface area (Å²) in [5.41, 5.74) is 0.758. The van der Waals surface area contributed by atoms with Crippen LogP contribution in [-0.4, -0.2) is 22.5 Å². The number of nitrogens with zero attached hydrogens (tertiary/aromatic N) is 2. The summed E-state index contributed by atoms with van der Waals surface area (Å²) in [7, 11) is 0. The molecule has 2 heterocycles. The van der Waals surface area contributed by atoms with Crippen LogP contribution >= 0.6 is 15.9 Å². The van der Waals surface area contributed by atoms with E-state index in [0.29, 0.717) is 24.0 Å². The summed E-state index contributed by atoms with van der Waals surface area (Å²) in [6.07, 6.45) is 1.64.